The summed E-state index contributed by atoms with van der Waals surface area (Å²) in [5.74, 6) is 0.724. The Morgan fingerprint density at radius 3 is 2.57 bits per heavy atom. The second kappa shape index (κ2) is 8.72. The van der Waals surface area contributed by atoms with Crippen LogP contribution in [0.1, 0.15) is 42.5 Å². The Bertz CT molecular complexity index is 1240. The van der Waals surface area contributed by atoms with Crippen LogP contribution in [-0.2, 0) is 18.0 Å². The third-order valence-corrected chi connectivity index (χ3v) is 7.42. The number of likely N-dealkylation sites (tertiary alicyclic amines) is 1. The Hall–Kier alpha value is -2.76. The number of anilines is 2. The number of aryl methyl sites for hydroxylation is 2. The monoisotopic (exact) mass is 490 g/mol. The van der Waals surface area contributed by atoms with Crippen molar-refractivity contribution in [2.24, 2.45) is 7.05 Å². The molecule has 2 N–H and O–H groups in total. The summed E-state index contributed by atoms with van der Waals surface area (Å²) in [4.78, 5) is 11.2. The second-order valence-electron chi connectivity index (χ2n) is 9.77. The van der Waals surface area contributed by atoms with Crippen LogP contribution in [0.2, 0.25) is 0 Å². The molecule has 0 spiro atoms. The Balaban J connectivity index is 1.35. The van der Waals surface area contributed by atoms with Gasteiger partial charge in [-0.15, -0.1) is 0 Å². The largest absolute Gasteiger partial charge is 0.435 e. The molecule has 0 aliphatic carbocycles. The van der Waals surface area contributed by atoms with E-state index in [4.69, 9.17) is 4.74 Å². The van der Waals surface area contributed by atoms with Crippen molar-refractivity contribution < 1.29 is 23.0 Å². The molecule has 0 bridgehead atoms. The van der Waals surface area contributed by atoms with Gasteiger partial charge in [0.2, 0.25) is 5.95 Å². The maximum Gasteiger partial charge on any atom is 0.435 e. The number of hydrogen-bond acceptors (Lipinski definition) is 7. The number of ether oxygens (including phenoxy) is 1. The van der Waals surface area contributed by atoms with Crippen molar-refractivity contribution >= 4 is 22.7 Å². The molecule has 0 radical (unpaired) electrons. The Labute approximate surface area is 201 Å². The highest BCUT2D eigenvalue weighted by Crippen LogP contribution is 2.37. The quantitative estimate of drug-likeness (QED) is 0.576. The van der Waals surface area contributed by atoms with Crippen LogP contribution >= 0.6 is 0 Å². The van der Waals surface area contributed by atoms with E-state index in [1.165, 1.54) is 12.6 Å². The van der Waals surface area contributed by atoms with Crippen LogP contribution in [0.4, 0.5) is 24.9 Å². The zero-order valence-corrected chi connectivity index (χ0v) is 19.9. The summed E-state index contributed by atoms with van der Waals surface area (Å²) in [5.41, 5.74) is 1.80. The molecule has 2 fully saturated rings. The smallest absolute Gasteiger partial charge is 0.389 e. The van der Waals surface area contributed by atoms with Gasteiger partial charge in [-0.2, -0.15) is 18.3 Å². The van der Waals surface area contributed by atoms with Crippen LogP contribution in [-0.4, -0.2) is 67.7 Å². The molecule has 2 aliphatic rings. The molecule has 2 unspecified atom stereocenters. The molecule has 2 aliphatic heterocycles. The number of benzene rings is 1. The van der Waals surface area contributed by atoms with E-state index >= 15 is 0 Å². The van der Waals surface area contributed by atoms with Crippen LogP contribution in [0.3, 0.4) is 0 Å². The molecule has 2 aromatic heterocycles. The number of rotatable bonds is 4. The molecule has 0 amide bonds. The molecule has 1 aromatic carbocycles. The van der Waals surface area contributed by atoms with Crippen molar-refractivity contribution in [3.8, 4) is 0 Å². The molecule has 11 heteroatoms. The number of alkyl halides is 3. The van der Waals surface area contributed by atoms with E-state index in [0.717, 1.165) is 53.1 Å². The van der Waals surface area contributed by atoms with Gasteiger partial charge in [0.05, 0.1) is 30.4 Å². The summed E-state index contributed by atoms with van der Waals surface area (Å²) in [6.45, 7) is 6.82. The summed E-state index contributed by atoms with van der Waals surface area (Å²) in [6, 6.07) is 5.06. The zero-order valence-electron chi connectivity index (χ0n) is 19.9. The lowest BCUT2D eigenvalue weighted by molar-refractivity contribution is -0.141. The summed E-state index contributed by atoms with van der Waals surface area (Å²) < 4.78 is 45.6. The van der Waals surface area contributed by atoms with Crippen molar-refractivity contribution in [2.75, 3.05) is 31.6 Å². The number of nitrogens with one attached hydrogen (secondary N) is 1. The molecule has 188 valence electrons. The van der Waals surface area contributed by atoms with E-state index in [9.17, 15) is 18.3 Å². The number of fused-ring (bicyclic) bond motifs is 1. The zero-order chi connectivity index (χ0) is 25.0. The number of aliphatic hydroxyl groups excluding tert-OH is 1. The number of piperidine rings is 1. The fourth-order valence-corrected chi connectivity index (χ4v) is 5.20. The molecule has 0 saturated carbocycles. The van der Waals surface area contributed by atoms with Crippen molar-refractivity contribution in [3.63, 3.8) is 0 Å². The highest BCUT2D eigenvalue weighted by Gasteiger charge is 2.45. The first-order valence-electron chi connectivity index (χ1n) is 11.7. The van der Waals surface area contributed by atoms with Crippen LogP contribution in [0.25, 0.3) is 10.9 Å². The summed E-state index contributed by atoms with van der Waals surface area (Å²) >= 11 is 0. The summed E-state index contributed by atoms with van der Waals surface area (Å²) in [6.07, 6.45) is -1.41. The number of hydrogen-bond donors (Lipinski definition) is 2. The number of halogens is 3. The highest BCUT2D eigenvalue weighted by atomic mass is 19.4. The number of nitrogens with zero attached hydrogens (tertiary/aromatic N) is 5. The third-order valence-electron chi connectivity index (χ3n) is 7.42. The van der Waals surface area contributed by atoms with Gasteiger partial charge in [-0.3, -0.25) is 9.58 Å². The molecule has 5 rings (SSSR count). The number of aromatic nitrogens is 4. The van der Waals surface area contributed by atoms with Crippen molar-refractivity contribution in [3.05, 3.63) is 41.2 Å². The Kier molecular flexibility index (Phi) is 5.97. The highest BCUT2D eigenvalue weighted by molar-refractivity contribution is 5.81. The van der Waals surface area contributed by atoms with Gasteiger partial charge in [0.25, 0.3) is 0 Å². The minimum absolute atomic E-state index is 0.156. The SMILES string of the molecule is Cc1cc2cnc(Nc3cc(C(F)(F)F)nn3C)nc2cc1C1CCN(C2(C)COCC2O)CC1. The van der Waals surface area contributed by atoms with E-state index in [1.54, 1.807) is 6.20 Å². The minimum Gasteiger partial charge on any atom is -0.389 e. The molecule has 35 heavy (non-hydrogen) atoms. The predicted molar refractivity (Wildman–Crippen MR) is 125 cm³/mol. The van der Waals surface area contributed by atoms with Gasteiger partial charge in [-0.1, -0.05) is 0 Å². The molecule has 8 nitrogen and oxygen atoms in total. The molecule has 3 aromatic rings. The summed E-state index contributed by atoms with van der Waals surface area (Å²) in [7, 11) is 1.43. The minimum atomic E-state index is -4.52. The topological polar surface area (TPSA) is 88.3 Å². The van der Waals surface area contributed by atoms with Gasteiger partial charge >= 0.3 is 6.18 Å². The average Bonchev–Trinajstić information content (AvgIpc) is 3.36. The first-order valence-corrected chi connectivity index (χ1v) is 11.7. The lowest BCUT2D eigenvalue weighted by Gasteiger charge is -2.43. The van der Waals surface area contributed by atoms with E-state index in [1.807, 2.05) is 0 Å². The lowest BCUT2D eigenvalue weighted by atomic mass is 9.84. The summed E-state index contributed by atoms with van der Waals surface area (Å²) in [5, 5.41) is 17.6. The maximum atomic E-state index is 13.0. The molecular formula is C24H29F3N6O2. The van der Waals surface area contributed by atoms with Crippen LogP contribution in [0, 0.1) is 6.92 Å². The maximum absolute atomic E-state index is 13.0. The van der Waals surface area contributed by atoms with Gasteiger partial charge in [-0.05, 0) is 69.0 Å². The standard InChI is InChI=1S/C24H29F3N6O2/c1-14-8-16-11-28-22(30-21-10-19(24(25,26)27)31-32(21)3)29-18(16)9-17(14)15-4-6-33(7-5-15)23(2)13-35-12-20(23)34/h8-11,15,20,34H,4-7,12-13H2,1-3H3,(H,28,29,30). The normalized spacial score (nSPS) is 24.4. The van der Waals surface area contributed by atoms with Crippen LogP contribution in [0.5, 0.6) is 0 Å². The first kappa shape index (κ1) is 24.0. The van der Waals surface area contributed by atoms with Gasteiger partial charge in [0, 0.05) is 24.7 Å². The van der Waals surface area contributed by atoms with Gasteiger partial charge in [-0.25, -0.2) is 9.97 Å². The fraction of sp³-hybridized carbons (Fsp3) is 0.542. The predicted octanol–water partition coefficient (Wildman–Crippen LogP) is 3.76. The molecular weight excluding hydrogens is 461 g/mol. The third kappa shape index (κ3) is 4.48. The Morgan fingerprint density at radius 2 is 1.94 bits per heavy atom. The van der Waals surface area contributed by atoms with Gasteiger partial charge in [0.15, 0.2) is 5.69 Å². The van der Waals surface area contributed by atoms with Gasteiger partial charge < -0.3 is 15.2 Å². The average molecular weight is 491 g/mol. The van der Waals surface area contributed by atoms with E-state index in [-0.39, 0.29) is 17.3 Å². The van der Waals surface area contributed by atoms with E-state index < -0.39 is 18.0 Å². The Morgan fingerprint density at radius 1 is 1.20 bits per heavy atom. The van der Waals surface area contributed by atoms with E-state index in [2.05, 4.69) is 51.3 Å². The van der Waals surface area contributed by atoms with Crippen molar-refractivity contribution in [1.82, 2.24) is 24.6 Å². The second-order valence-corrected chi connectivity index (χ2v) is 9.77. The molecule has 2 atom stereocenters. The van der Waals surface area contributed by atoms with Crippen LogP contribution < -0.4 is 5.32 Å². The van der Waals surface area contributed by atoms with Crippen molar-refractivity contribution in [1.29, 1.82) is 0 Å². The van der Waals surface area contributed by atoms with E-state index in [0.29, 0.717) is 19.1 Å². The molecule has 4 heterocycles. The molecule has 2 saturated heterocycles. The first-order chi connectivity index (χ1) is 16.5. The lowest BCUT2D eigenvalue weighted by Crippen LogP contribution is -2.56. The van der Waals surface area contributed by atoms with Gasteiger partial charge in [0.1, 0.15) is 5.82 Å². The number of aliphatic hydroxyl groups is 1. The fourth-order valence-electron chi connectivity index (χ4n) is 5.20. The van der Waals surface area contributed by atoms with Crippen LogP contribution in [0.15, 0.2) is 24.4 Å². The van der Waals surface area contributed by atoms with Crippen molar-refractivity contribution in [2.45, 2.75) is 50.4 Å².